The Hall–Kier alpha value is -2.51. The van der Waals surface area contributed by atoms with Crippen LogP contribution in [0.5, 0.6) is 5.75 Å². The molecule has 0 aliphatic heterocycles. The third-order valence-electron chi connectivity index (χ3n) is 3.68. The van der Waals surface area contributed by atoms with Crippen molar-refractivity contribution in [3.8, 4) is 16.3 Å². The molecule has 7 heteroatoms. The minimum Gasteiger partial charge on any atom is -0.506 e. The molecule has 0 saturated heterocycles. The maximum atomic E-state index is 12.4. The lowest BCUT2D eigenvalue weighted by atomic mass is 10.1. The van der Waals surface area contributed by atoms with Gasteiger partial charge in [0.1, 0.15) is 15.6 Å². The first-order chi connectivity index (χ1) is 12.5. The molecule has 1 amide bonds. The van der Waals surface area contributed by atoms with Crippen LogP contribution >= 0.6 is 27.3 Å². The number of halogens is 1. The molecule has 3 rings (SSSR count). The van der Waals surface area contributed by atoms with Gasteiger partial charge in [-0.2, -0.15) is 5.10 Å². The van der Waals surface area contributed by atoms with Gasteiger partial charge >= 0.3 is 0 Å². The number of nitrogens with zero attached hydrogens (tertiary/aromatic N) is 2. The van der Waals surface area contributed by atoms with Gasteiger partial charge in [-0.25, -0.2) is 10.4 Å². The summed E-state index contributed by atoms with van der Waals surface area (Å²) < 4.78 is 0.580. The van der Waals surface area contributed by atoms with Gasteiger partial charge in [0.05, 0.1) is 16.4 Å². The van der Waals surface area contributed by atoms with Gasteiger partial charge < -0.3 is 5.11 Å². The third-order valence-corrected chi connectivity index (χ3v) is 5.49. The predicted octanol–water partition coefficient (Wildman–Crippen LogP) is 4.66. The molecule has 0 unspecified atom stereocenters. The summed E-state index contributed by atoms with van der Waals surface area (Å²) in [7, 11) is 0. The number of aromatic hydroxyl groups is 1. The zero-order chi connectivity index (χ0) is 18.7. The van der Waals surface area contributed by atoms with E-state index in [-0.39, 0.29) is 11.7 Å². The highest BCUT2D eigenvalue weighted by molar-refractivity contribution is 9.10. The fourth-order valence-electron chi connectivity index (χ4n) is 2.37. The molecule has 1 aromatic heterocycles. The van der Waals surface area contributed by atoms with E-state index in [1.165, 1.54) is 17.6 Å². The Labute approximate surface area is 163 Å². The minimum absolute atomic E-state index is 0.194. The zero-order valence-electron chi connectivity index (χ0n) is 14.2. The number of carbonyl (C=O) groups excluding carboxylic acids is 1. The van der Waals surface area contributed by atoms with E-state index in [9.17, 15) is 9.90 Å². The van der Waals surface area contributed by atoms with E-state index >= 15 is 0 Å². The molecule has 132 valence electrons. The first kappa shape index (κ1) is 18.3. The summed E-state index contributed by atoms with van der Waals surface area (Å²) >= 11 is 4.62. The van der Waals surface area contributed by atoms with Crippen LogP contribution in [0.3, 0.4) is 0 Å². The highest BCUT2D eigenvalue weighted by atomic mass is 79.9. The van der Waals surface area contributed by atoms with Gasteiger partial charge in [0.25, 0.3) is 5.91 Å². The number of hydrazone groups is 1. The van der Waals surface area contributed by atoms with Crippen molar-refractivity contribution in [3.05, 3.63) is 68.6 Å². The van der Waals surface area contributed by atoms with Gasteiger partial charge in [-0.15, -0.1) is 11.3 Å². The number of phenols is 1. The van der Waals surface area contributed by atoms with E-state index in [0.717, 1.165) is 21.7 Å². The minimum atomic E-state index is -0.298. The largest absolute Gasteiger partial charge is 0.506 e. The Kier molecular flexibility index (Phi) is 5.49. The van der Waals surface area contributed by atoms with E-state index in [1.807, 2.05) is 37.3 Å². The van der Waals surface area contributed by atoms with E-state index in [4.69, 9.17) is 0 Å². The predicted molar refractivity (Wildman–Crippen MR) is 108 cm³/mol. The second-order valence-electron chi connectivity index (χ2n) is 5.67. The topological polar surface area (TPSA) is 74.6 Å². The van der Waals surface area contributed by atoms with Gasteiger partial charge in [0, 0.05) is 5.56 Å². The summed E-state index contributed by atoms with van der Waals surface area (Å²) in [6.45, 7) is 3.60. The zero-order valence-corrected chi connectivity index (χ0v) is 16.6. The maximum Gasteiger partial charge on any atom is 0.283 e. The summed E-state index contributed by atoms with van der Waals surface area (Å²) in [6, 6.07) is 13.2. The molecule has 0 aliphatic carbocycles. The molecule has 0 radical (unpaired) electrons. The van der Waals surface area contributed by atoms with Crippen LogP contribution in [-0.2, 0) is 0 Å². The Bertz CT molecular complexity index is 961. The number of hydrogen-bond acceptors (Lipinski definition) is 5. The van der Waals surface area contributed by atoms with Crippen LogP contribution in [0.1, 0.15) is 26.5 Å². The van der Waals surface area contributed by atoms with Crippen LogP contribution in [0.25, 0.3) is 10.6 Å². The second kappa shape index (κ2) is 7.80. The molecule has 3 aromatic rings. The molecule has 1 heterocycles. The van der Waals surface area contributed by atoms with Gasteiger partial charge in [0.15, 0.2) is 0 Å². The van der Waals surface area contributed by atoms with E-state index in [0.29, 0.717) is 15.0 Å². The average Bonchev–Trinajstić information content (AvgIpc) is 3.02. The van der Waals surface area contributed by atoms with Crippen LogP contribution in [0.15, 0.2) is 52.0 Å². The number of amides is 1. The number of phenolic OH excluding ortho intramolecular Hbond substituents is 1. The van der Waals surface area contributed by atoms with Crippen molar-refractivity contribution < 1.29 is 9.90 Å². The SMILES string of the molecule is Cc1cc(/C=N/NC(=O)c2sc(-c3ccccc3)nc2C)cc(Br)c1O. The Balaban J connectivity index is 1.74. The normalized spacial score (nSPS) is 11.0. The number of nitrogens with one attached hydrogen (secondary N) is 1. The van der Waals surface area contributed by atoms with Gasteiger partial charge in [-0.1, -0.05) is 30.3 Å². The number of carbonyl (C=O) groups is 1. The molecule has 0 saturated carbocycles. The van der Waals surface area contributed by atoms with E-state index < -0.39 is 0 Å². The molecule has 0 aliphatic rings. The first-order valence-corrected chi connectivity index (χ1v) is 9.42. The lowest BCUT2D eigenvalue weighted by Crippen LogP contribution is -2.17. The van der Waals surface area contributed by atoms with Crippen LogP contribution in [-0.4, -0.2) is 22.2 Å². The highest BCUT2D eigenvalue weighted by Gasteiger charge is 2.15. The molecule has 2 aromatic carbocycles. The maximum absolute atomic E-state index is 12.4. The average molecular weight is 430 g/mol. The molecule has 0 bridgehead atoms. The number of thiazole rings is 1. The van der Waals surface area contributed by atoms with Crippen molar-refractivity contribution in [1.29, 1.82) is 0 Å². The molecule has 0 fully saturated rings. The standard InChI is InChI=1S/C19H16BrN3O2S/c1-11-8-13(9-15(20)16(11)24)10-21-23-18(25)17-12(2)22-19(26-17)14-6-4-3-5-7-14/h3-10,24H,1-2H3,(H,23,25)/b21-10+. The molecule has 0 atom stereocenters. The number of aryl methyl sites for hydroxylation is 2. The summed E-state index contributed by atoms with van der Waals surface area (Å²) in [5, 5.41) is 14.6. The molecule has 26 heavy (non-hydrogen) atoms. The van der Waals surface area contributed by atoms with Crippen molar-refractivity contribution in [1.82, 2.24) is 10.4 Å². The van der Waals surface area contributed by atoms with Gasteiger partial charge in [0.2, 0.25) is 0 Å². The number of hydrogen-bond donors (Lipinski definition) is 2. The number of rotatable bonds is 4. The highest BCUT2D eigenvalue weighted by Crippen LogP contribution is 2.29. The van der Waals surface area contributed by atoms with Crippen LogP contribution in [0.2, 0.25) is 0 Å². The first-order valence-electron chi connectivity index (χ1n) is 7.81. The summed E-state index contributed by atoms with van der Waals surface area (Å²) in [5.41, 5.74) is 5.66. The molecular weight excluding hydrogens is 414 g/mol. The molecule has 0 spiro atoms. The fourth-order valence-corrected chi connectivity index (χ4v) is 3.90. The monoisotopic (exact) mass is 429 g/mol. The summed E-state index contributed by atoms with van der Waals surface area (Å²) in [6.07, 6.45) is 1.53. The Morgan fingerprint density at radius 1 is 1.27 bits per heavy atom. The van der Waals surface area contributed by atoms with Crippen molar-refractivity contribution in [2.24, 2.45) is 5.10 Å². The Morgan fingerprint density at radius 3 is 2.69 bits per heavy atom. The van der Waals surface area contributed by atoms with Gasteiger partial charge in [-0.3, -0.25) is 4.79 Å². The smallest absolute Gasteiger partial charge is 0.283 e. The summed E-state index contributed by atoms with van der Waals surface area (Å²) in [4.78, 5) is 17.4. The van der Waals surface area contributed by atoms with Crippen LogP contribution in [0.4, 0.5) is 0 Å². The molecule has 2 N–H and O–H groups in total. The lowest BCUT2D eigenvalue weighted by Gasteiger charge is -2.03. The van der Waals surface area contributed by atoms with E-state index in [2.05, 4.69) is 31.4 Å². The van der Waals surface area contributed by atoms with Crippen LogP contribution < -0.4 is 5.43 Å². The van der Waals surface area contributed by atoms with Crippen molar-refractivity contribution in [3.63, 3.8) is 0 Å². The second-order valence-corrected chi connectivity index (χ2v) is 7.52. The number of aromatic nitrogens is 1. The van der Waals surface area contributed by atoms with Gasteiger partial charge in [-0.05, 0) is 53.0 Å². The Morgan fingerprint density at radius 2 is 2.00 bits per heavy atom. The van der Waals surface area contributed by atoms with Crippen molar-refractivity contribution >= 4 is 39.4 Å². The summed E-state index contributed by atoms with van der Waals surface area (Å²) in [5.74, 6) is -0.104. The van der Waals surface area contributed by atoms with Crippen LogP contribution in [0, 0.1) is 13.8 Å². The third kappa shape index (κ3) is 4.00. The van der Waals surface area contributed by atoms with Crippen molar-refractivity contribution in [2.75, 3.05) is 0 Å². The van der Waals surface area contributed by atoms with E-state index in [1.54, 1.807) is 19.1 Å². The van der Waals surface area contributed by atoms with Crippen molar-refractivity contribution in [2.45, 2.75) is 13.8 Å². The quantitative estimate of drug-likeness (QED) is 0.467. The number of benzene rings is 2. The molecule has 5 nitrogen and oxygen atoms in total. The molecular formula is C19H16BrN3O2S. The fraction of sp³-hybridized carbons (Fsp3) is 0.105. The lowest BCUT2D eigenvalue weighted by molar-refractivity contribution is 0.0958.